The molecule has 1 aromatic heterocycles. The van der Waals surface area contributed by atoms with Crippen LogP contribution in [0.2, 0.25) is 0 Å². The second-order valence-corrected chi connectivity index (χ2v) is 7.79. The number of likely N-dealkylation sites (N-methyl/N-ethyl adjacent to an activating group) is 1. The van der Waals surface area contributed by atoms with Crippen LogP contribution in [0.25, 0.3) is 11.4 Å². The van der Waals surface area contributed by atoms with Gasteiger partial charge in [-0.2, -0.15) is 4.98 Å². The number of carbonyl (C=O) groups is 1. The lowest BCUT2D eigenvalue weighted by Gasteiger charge is -2.32. The van der Waals surface area contributed by atoms with Crippen molar-refractivity contribution < 1.29 is 14.1 Å². The summed E-state index contributed by atoms with van der Waals surface area (Å²) in [5, 5.41) is 4.08. The number of carbonyl (C=O) groups excluding carboxylic acids is 1. The molecule has 1 aliphatic rings. The van der Waals surface area contributed by atoms with Gasteiger partial charge in [0, 0.05) is 12.6 Å². The van der Waals surface area contributed by atoms with Crippen LogP contribution in [0.5, 0.6) is 5.75 Å². The molecule has 2 aromatic carbocycles. The highest BCUT2D eigenvalue weighted by molar-refractivity contribution is 5.88. The monoisotopic (exact) mass is 405 g/mol. The molecule has 0 unspecified atom stereocenters. The first kappa shape index (κ1) is 20.1. The molecule has 0 bridgehead atoms. The molecule has 30 heavy (non-hydrogen) atoms. The first-order valence-electron chi connectivity index (χ1n) is 10.5. The number of hydrogen-bond acceptors (Lipinski definition) is 5. The number of ether oxygens (including phenoxy) is 1. The first-order chi connectivity index (χ1) is 14.6. The van der Waals surface area contributed by atoms with Crippen LogP contribution in [-0.4, -0.2) is 34.6 Å². The second kappa shape index (κ2) is 8.69. The normalized spacial score (nSPS) is 15.1. The smallest absolute Gasteiger partial charge is 0.246 e. The number of rotatable bonds is 7. The van der Waals surface area contributed by atoms with E-state index in [0.29, 0.717) is 18.3 Å². The van der Waals surface area contributed by atoms with Gasteiger partial charge in [0.2, 0.25) is 17.6 Å². The summed E-state index contributed by atoms with van der Waals surface area (Å²) in [5.74, 6) is 1.86. The highest BCUT2D eigenvalue weighted by Crippen LogP contribution is 2.42. The van der Waals surface area contributed by atoms with Crippen molar-refractivity contribution in [3.63, 3.8) is 0 Å². The van der Waals surface area contributed by atoms with Crippen LogP contribution < -0.4 is 4.74 Å². The number of amides is 1. The number of hydrogen-bond donors (Lipinski definition) is 0. The van der Waals surface area contributed by atoms with Crippen molar-refractivity contribution in [1.82, 2.24) is 15.0 Å². The van der Waals surface area contributed by atoms with E-state index >= 15 is 0 Å². The Morgan fingerprint density at radius 3 is 2.47 bits per heavy atom. The van der Waals surface area contributed by atoms with Crippen molar-refractivity contribution in [2.75, 3.05) is 13.7 Å². The molecule has 0 saturated heterocycles. The zero-order chi connectivity index (χ0) is 21.0. The Morgan fingerprint density at radius 2 is 1.80 bits per heavy atom. The zero-order valence-electron chi connectivity index (χ0n) is 17.5. The molecule has 0 spiro atoms. The van der Waals surface area contributed by atoms with E-state index in [4.69, 9.17) is 9.26 Å². The zero-order valence-corrected chi connectivity index (χ0v) is 17.5. The average molecular weight is 405 g/mol. The Hall–Kier alpha value is -3.15. The third-order valence-electron chi connectivity index (χ3n) is 5.80. The summed E-state index contributed by atoms with van der Waals surface area (Å²) in [5.41, 5.74) is 1.49. The lowest BCUT2D eigenvalue weighted by molar-refractivity contribution is -0.136. The minimum absolute atomic E-state index is 0.118. The predicted molar refractivity (Wildman–Crippen MR) is 114 cm³/mol. The van der Waals surface area contributed by atoms with Crippen molar-refractivity contribution in [3.05, 3.63) is 66.1 Å². The molecule has 1 saturated carbocycles. The van der Waals surface area contributed by atoms with Crippen LogP contribution in [0.4, 0.5) is 0 Å². The standard InChI is InChI=1S/C24H27N3O3/c1-3-29-20-13-11-18(12-14-20)22-25-21(30-26-22)17-27(2)23(28)24(15-7-8-16-24)19-9-5-4-6-10-19/h4-6,9-14H,3,7-8,15-17H2,1-2H3. The molecule has 156 valence electrons. The maximum absolute atomic E-state index is 13.5. The SMILES string of the molecule is CCOc1ccc(-c2noc(CN(C)C(=O)C3(c4ccccc4)CCCC3)n2)cc1. The molecule has 3 aromatic rings. The van der Waals surface area contributed by atoms with Gasteiger partial charge in [0.1, 0.15) is 5.75 Å². The largest absolute Gasteiger partial charge is 0.494 e. The first-order valence-corrected chi connectivity index (χ1v) is 10.5. The molecule has 6 nitrogen and oxygen atoms in total. The summed E-state index contributed by atoms with van der Waals surface area (Å²) in [7, 11) is 1.81. The van der Waals surface area contributed by atoms with Gasteiger partial charge in [0.05, 0.1) is 18.6 Å². The van der Waals surface area contributed by atoms with E-state index in [9.17, 15) is 4.79 Å². The van der Waals surface area contributed by atoms with Crippen LogP contribution >= 0.6 is 0 Å². The fourth-order valence-corrected chi connectivity index (χ4v) is 4.31. The fraction of sp³-hybridized carbons (Fsp3) is 0.375. The summed E-state index contributed by atoms with van der Waals surface area (Å²) < 4.78 is 10.9. The minimum atomic E-state index is -0.450. The van der Waals surface area contributed by atoms with Crippen molar-refractivity contribution in [2.24, 2.45) is 0 Å². The fourth-order valence-electron chi connectivity index (χ4n) is 4.31. The van der Waals surface area contributed by atoms with E-state index in [2.05, 4.69) is 22.3 Å². The number of benzene rings is 2. The van der Waals surface area contributed by atoms with Crippen LogP contribution in [0.3, 0.4) is 0 Å². The van der Waals surface area contributed by atoms with Crippen molar-refractivity contribution in [1.29, 1.82) is 0 Å². The van der Waals surface area contributed by atoms with Gasteiger partial charge in [-0.25, -0.2) is 0 Å². The van der Waals surface area contributed by atoms with E-state index < -0.39 is 5.41 Å². The lowest BCUT2D eigenvalue weighted by Crippen LogP contribution is -2.43. The van der Waals surface area contributed by atoms with Gasteiger partial charge in [-0.05, 0) is 49.6 Å². The molecule has 0 radical (unpaired) electrons. The van der Waals surface area contributed by atoms with Gasteiger partial charge < -0.3 is 14.2 Å². The Morgan fingerprint density at radius 1 is 1.10 bits per heavy atom. The molecule has 6 heteroatoms. The van der Waals surface area contributed by atoms with Gasteiger partial charge in [-0.3, -0.25) is 4.79 Å². The number of aromatic nitrogens is 2. The molecule has 1 fully saturated rings. The Balaban J connectivity index is 1.48. The van der Waals surface area contributed by atoms with Crippen molar-refractivity contribution in [3.8, 4) is 17.1 Å². The summed E-state index contributed by atoms with van der Waals surface area (Å²) in [4.78, 5) is 19.7. The summed E-state index contributed by atoms with van der Waals surface area (Å²) >= 11 is 0. The van der Waals surface area contributed by atoms with Gasteiger partial charge in [-0.15, -0.1) is 0 Å². The Labute approximate surface area is 176 Å². The maximum Gasteiger partial charge on any atom is 0.246 e. The molecule has 0 atom stereocenters. The molecule has 1 amide bonds. The molecule has 0 aliphatic heterocycles. The molecule has 1 heterocycles. The topological polar surface area (TPSA) is 68.5 Å². The third-order valence-corrected chi connectivity index (χ3v) is 5.80. The highest BCUT2D eigenvalue weighted by Gasteiger charge is 2.44. The van der Waals surface area contributed by atoms with E-state index in [0.717, 1.165) is 42.6 Å². The molecular formula is C24H27N3O3. The number of nitrogens with zero attached hydrogens (tertiary/aromatic N) is 3. The van der Waals surface area contributed by atoms with E-state index in [1.165, 1.54) is 0 Å². The molecule has 0 N–H and O–H groups in total. The molecule has 1 aliphatic carbocycles. The Kier molecular flexibility index (Phi) is 5.84. The maximum atomic E-state index is 13.5. The second-order valence-electron chi connectivity index (χ2n) is 7.79. The van der Waals surface area contributed by atoms with E-state index in [1.807, 2.05) is 56.4 Å². The summed E-state index contributed by atoms with van der Waals surface area (Å²) in [6.45, 7) is 2.86. The van der Waals surface area contributed by atoms with Crippen LogP contribution in [0, 0.1) is 0 Å². The summed E-state index contributed by atoms with van der Waals surface area (Å²) in [6, 6.07) is 17.7. The van der Waals surface area contributed by atoms with Crippen LogP contribution in [0.1, 0.15) is 44.1 Å². The summed E-state index contributed by atoms with van der Waals surface area (Å²) in [6.07, 6.45) is 3.89. The van der Waals surface area contributed by atoms with Gasteiger partial charge >= 0.3 is 0 Å². The minimum Gasteiger partial charge on any atom is -0.494 e. The van der Waals surface area contributed by atoms with E-state index in [-0.39, 0.29) is 12.5 Å². The average Bonchev–Trinajstić information content (AvgIpc) is 3.45. The van der Waals surface area contributed by atoms with Crippen LogP contribution in [0.15, 0.2) is 59.1 Å². The van der Waals surface area contributed by atoms with Gasteiger partial charge in [0.15, 0.2) is 0 Å². The van der Waals surface area contributed by atoms with Gasteiger partial charge in [0.25, 0.3) is 0 Å². The molecular weight excluding hydrogens is 378 g/mol. The third kappa shape index (κ3) is 3.95. The highest BCUT2D eigenvalue weighted by atomic mass is 16.5. The predicted octanol–water partition coefficient (Wildman–Crippen LogP) is 4.61. The quantitative estimate of drug-likeness (QED) is 0.574. The molecule has 4 rings (SSSR count). The van der Waals surface area contributed by atoms with Crippen molar-refractivity contribution >= 4 is 5.91 Å². The Bertz CT molecular complexity index is 976. The lowest BCUT2D eigenvalue weighted by atomic mass is 9.77. The van der Waals surface area contributed by atoms with Gasteiger partial charge in [-0.1, -0.05) is 48.3 Å². The van der Waals surface area contributed by atoms with Crippen LogP contribution in [-0.2, 0) is 16.8 Å². The van der Waals surface area contributed by atoms with Crippen molar-refractivity contribution in [2.45, 2.75) is 44.6 Å². The van der Waals surface area contributed by atoms with E-state index in [1.54, 1.807) is 4.90 Å².